The van der Waals surface area contributed by atoms with Crippen molar-refractivity contribution in [2.24, 2.45) is 0 Å². The third kappa shape index (κ3) is 2.62. The maximum Gasteiger partial charge on any atom is 0.229 e. The van der Waals surface area contributed by atoms with Gasteiger partial charge in [-0.3, -0.25) is 0 Å². The van der Waals surface area contributed by atoms with Crippen molar-refractivity contribution in [3.8, 4) is 0 Å². The van der Waals surface area contributed by atoms with Gasteiger partial charge in [0.25, 0.3) is 0 Å². The maximum atomic E-state index is 13.0. The molecular formula is C16H15FN2O2S. The molecule has 6 heteroatoms. The highest BCUT2D eigenvalue weighted by Crippen LogP contribution is 2.22. The van der Waals surface area contributed by atoms with E-state index >= 15 is 0 Å². The summed E-state index contributed by atoms with van der Waals surface area (Å²) in [7, 11) is -3.44. The quantitative estimate of drug-likeness (QED) is 0.743. The third-order valence-corrected chi connectivity index (χ3v) is 5.16. The molecule has 4 nitrogen and oxygen atoms in total. The highest BCUT2D eigenvalue weighted by Gasteiger charge is 2.22. The Labute approximate surface area is 128 Å². The number of fused-ring (bicyclic) bond motifs is 1. The molecule has 0 N–H and O–H groups in total. The van der Waals surface area contributed by atoms with Crippen LogP contribution < -0.4 is 0 Å². The molecule has 22 heavy (non-hydrogen) atoms. The normalized spacial score (nSPS) is 11.9. The number of hydrogen-bond acceptors (Lipinski definition) is 3. The second-order valence-electron chi connectivity index (χ2n) is 5.00. The lowest BCUT2D eigenvalue weighted by molar-refractivity contribution is 0.576. The lowest BCUT2D eigenvalue weighted by Crippen LogP contribution is -2.13. The van der Waals surface area contributed by atoms with E-state index in [1.54, 1.807) is 29.7 Å². The number of aromatic nitrogens is 2. The van der Waals surface area contributed by atoms with Gasteiger partial charge < -0.3 is 4.57 Å². The molecule has 0 aliphatic rings. The van der Waals surface area contributed by atoms with E-state index in [1.807, 2.05) is 18.2 Å². The first kappa shape index (κ1) is 14.7. The Balaban J connectivity index is 2.17. The molecule has 0 bridgehead atoms. The fraction of sp³-hybridized carbons (Fsp3) is 0.188. The van der Waals surface area contributed by atoms with Gasteiger partial charge in [0.1, 0.15) is 5.82 Å². The average Bonchev–Trinajstić information content (AvgIpc) is 2.89. The zero-order valence-corrected chi connectivity index (χ0v) is 12.8. The molecule has 0 aliphatic carbocycles. The van der Waals surface area contributed by atoms with Crippen LogP contribution in [-0.4, -0.2) is 23.7 Å². The van der Waals surface area contributed by atoms with Crippen LogP contribution in [0, 0.1) is 5.82 Å². The van der Waals surface area contributed by atoms with Gasteiger partial charge in [0.05, 0.1) is 23.3 Å². The highest BCUT2D eigenvalue weighted by atomic mass is 32.2. The van der Waals surface area contributed by atoms with Crippen LogP contribution in [0.5, 0.6) is 0 Å². The molecule has 3 aromatic rings. The molecule has 0 aliphatic heterocycles. The number of halogens is 1. The lowest BCUT2D eigenvalue weighted by Gasteiger charge is -2.09. The summed E-state index contributed by atoms with van der Waals surface area (Å²) in [6.45, 7) is 1.92. The van der Waals surface area contributed by atoms with E-state index in [-0.39, 0.29) is 16.7 Å². The Bertz CT molecular complexity index is 915. The monoisotopic (exact) mass is 318 g/mol. The summed E-state index contributed by atoms with van der Waals surface area (Å²) < 4.78 is 39.3. The minimum absolute atomic E-state index is 0.0141. The Morgan fingerprint density at radius 2 is 1.77 bits per heavy atom. The average molecular weight is 318 g/mol. The Morgan fingerprint density at radius 1 is 1.09 bits per heavy atom. The maximum absolute atomic E-state index is 13.0. The Morgan fingerprint density at radius 3 is 2.45 bits per heavy atom. The van der Waals surface area contributed by atoms with Gasteiger partial charge in [-0.25, -0.2) is 17.8 Å². The number of sulfone groups is 1. The summed E-state index contributed by atoms with van der Waals surface area (Å²) in [5.41, 5.74) is 2.20. The van der Waals surface area contributed by atoms with Crippen molar-refractivity contribution in [2.45, 2.75) is 18.6 Å². The smallest absolute Gasteiger partial charge is 0.229 e. The van der Waals surface area contributed by atoms with Crippen molar-refractivity contribution in [1.29, 1.82) is 0 Å². The zero-order chi connectivity index (χ0) is 15.7. The van der Waals surface area contributed by atoms with Crippen molar-refractivity contribution >= 4 is 20.9 Å². The van der Waals surface area contributed by atoms with Crippen LogP contribution in [0.25, 0.3) is 11.0 Å². The SMILES string of the molecule is CCS(=O)(=O)c1nc2ccccc2n1Cc1ccc(F)cc1. The molecule has 0 saturated heterocycles. The van der Waals surface area contributed by atoms with Gasteiger partial charge in [-0.2, -0.15) is 0 Å². The van der Waals surface area contributed by atoms with E-state index in [0.717, 1.165) is 11.1 Å². The fourth-order valence-electron chi connectivity index (χ4n) is 2.35. The Hall–Kier alpha value is -2.21. The minimum Gasteiger partial charge on any atom is -0.310 e. The van der Waals surface area contributed by atoms with Crippen molar-refractivity contribution in [1.82, 2.24) is 9.55 Å². The lowest BCUT2D eigenvalue weighted by atomic mass is 10.2. The van der Waals surface area contributed by atoms with E-state index < -0.39 is 9.84 Å². The van der Waals surface area contributed by atoms with Crippen molar-refractivity contribution in [2.75, 3.05) is 5.75 Å². The van der Waals surface area contributed by atoms with Crippen LogP contribution in [0.2, 0.25) is 0 Å². The molecule has 0 unspecified atom stereocenters. The summed E-state index contributed by atoms with van der Waals surface area (Å²) in [6.07, 6.45) is 0. The second-order valence-corrected chi connectivity index (χ2v) is 7.17. The van der Waals surface area contributed by atoms with Gasteiger partial charge >= 0.3 is 0 Å². The third-order valence-electron chi connectivity index (χ3n) is 3.53. The van der Waals surface area contributed by atoms with Gasteiger partial charge in [-0.05, 0) is 29.8 Å². The molecule has 0 fully saturated rings. The number of hydrogen-bond donors (Lipinski definition) is 0. The first-order valence-electron chi connectivity index (χ1n) is 6.94. The van der Waals surface area contributed by atoms with Crippen LogP contribution >= 0.6 is 0 Å². The number of nitrogens with zero attached hydrogens (tertiary/aromatic N) is 2. The van der Waals surface area contributed by atoms with Crippen molar-refractivity contribution in [3.63, 3.8) is 0 Å². The van der Waals surface area contributed by atoms with E-state index in [0.29, 0.717) is 12.1 Å². The summed E-state index contributed by atoms with van der Waals surface area (Å²) >= 11 is 0. The molecule has 0 amide bonds. The van der Waals surface area contributed by atoms with Crippen LogP contribution in [0.15, 0.2) is 53.7 Å². The van der Waals surface area contributed by atoms with Crippen LogP contribution in [-0.2, 0) is 16.4 Å². The second kappa shape index (κ2) is 5.53. The molecule has 1 heterocycles. The summed E-state index contributed by atoms with van der Waals surface area (Å²) in [6, 6.07) is 13.3. The minimum atomic E-state index is -3.44. The fourth-order valence-corrected chi connectivity index (χ4v) is 3.34. The van der Waals surface area contributed by atoms with Crippen molar-refractivity contribution < 1.29 is 12.8 Å². The molecule has 2 aromatic carbocycles. The predicted molar refractivity (Wildman–Crippen MR) is 83.0 cm³/mol. The molecule has 3 rings (SSSR count). The van der Waals surface area contributed by atoms with Gasteiger partial charge in [0.2, 0.25) is 15.0 Å². The first-order chi connectivity index (χ1) is 10.5. The van der Waals surface area contributed by atoms with E-state index in [4.69, 9.17) is 0 Å². The van der Waals surface area contributed by atoms with E-state index in [9.17, 15) is 12.8 Å². The number of rotatable bonds is 4. The summed E-state index contributed by atoms with van der Waals surface area (Å²) in [5.74, 6) is -0.333. The van der Waals surface area contributed by atoms with Crippen LogP contribution in [0.3, 0.4) is 0 Å². The standard InChI is InChI=1S/C16H15FN2O2S/c1-2-22(20,21)16-18-14-5-3-4-6-15(14)19(16)11-12-7-9-13(17)10-8-12/h3-10H,2,11H2,1H3. The molecule has 114 valence electrons. The van der Waals surface area contributed by atoms with Crippen LogP contribution in [0.4, 0.5) is 4.39 Å². The molecule has 0 saturated carbocycles. The van der Waals surface area contributed by atoms with E-state index in [2.05, 4.69) is 4.98 Å². The summed E-state index contributed by atoms with van der Waals surface area (Å²) in [4.78, 5) is 4.27. The van der Waals surface area contributed by atoms with Crippen molar-refractivity contribution in [3.05, 3.63) is 59.9 Å². The largest absolute Gasteiger partial charge is 0.310 e. The molecular weight excluding hydrogens is 303 g/mol. The molecule has 1 aromatic heterocycles. The number of benzene rings is 2. The van der Waals surface area contributed by atoms with Gasteiger partial charge in [0.15, 0.2) is 0 Å². The number of imidazole rings is 1. The van der Waals surface area contributed by atoms with Gasteiger partial charge in [0, 0.05) is 0 Å². The van der Waals surface area contributed by atoms with E-state index in [1.165, 1.54) is 12.1 Å². The first-order valence-corrected chi connectivity index (χ1v) is 8.59. The zero-order valence-electron chi connectivity index (χ0n) is 12.0. The van der Waals surface area contributed by atoms with Crippen LogP contribution in [0.1, 0.15) is 12.5 Å². The highest BCUT2D eigenvalue weighted by molar-refractivity contribution is 7.91. The molecule has 0 atom stereocenters. The van der Waals surface area contributed by atoms with Gasteiger partial charge in [-0.1, -0.05) is 31.2 Å². The number of para-hydroxylation sites is 2. The molecule has 0 radical (unpaired) electrons. The van der Waals surface area contributed by atoms with Gasteiger partial charge in [-0.15, -0.1) is 0 Å². The molecule has 0 spiro atoms. The Kier molecular flexibility index (Phi) is 3.70. The predicted octanol–water partition coefficient (Wildman–Crippen LogP) is 3.02. The topological polar surface area (TPSA) is 52.0 Å². The summed E-state index contributed by atoms with van der Waals surface area (Å²) in [5, 5.41) is 0.0560.